The number of halogens is 4. The zero-order chi connectivity index (χ0) is 25.0. The largest absolute Gasteiger partial charge is 0.468 e. The van der Waals surface area contributed by atoms with Crippen molar-refractivity contribution in [2.24, 2.45) is 7.05 Å². The number of benzene rings is 1. The number of hydrogen-bond acceptors (Lipinski definition) is 6. The average molecular weight is 550 g/mol. The molecular formula is C23H23BrF3N7O. The van der Waals surface area contributed by atoms with E-state index in [1.54, 1.807) is 16.9 Å². The lowest BCUT2D eigenvalue weighted by Crippen LogP contribution is -2.22. The molecule has 0 amide bonds. The summed E-state index contributed by atoms with van der Waals surface area (Å²) in [5.41, 5.74) is 2.77. The number of pyridine rings is 1. The van der Waals surface area contributed by atoms with E-state index in [1.165, 1.54) is 12.3 Å². The van der Waals surface area contributed by atoms with Gasteiger partial charge in [0, 0.05) is 50.1 Å². The molecule has 0 atom stereocenters. The first-order chi connectivity index (χ1) is 16.7. The van der Waals surface area contributed by atoms with Crippen molar-refractivity contribution in [3.8, 4) is 17.3 Å². The molecule has 3 aromatic heterocycles. The smallest absolute Gasteiger partial charge is 0.422 e. The van der Waals surface area contributed by atoms with Gasteiger partial charge in [0.05, 0.1) is 11.8 Å². The molecule has 8 nitrogen and oxygen atoms in total. The van der Waals surface area contributed by atoms with Crippen molar-refractivity contribution in [3.05, 3.63) is 70.6 Å². The normalized spacial score (nSPS) is 11.6. The van der Waals surface area contributed by atoms with Crippen LogP contribution < -0.4 is 9.64 Å². The standard InChI is InChI=1S/C23H23BrF3N7O/c1-32(13-17-5-3-4-6-19(17)24)22-31-30-21(18-12-29-33(2)14-18)34(22)10-9-16-7-8-20(28-11-16)35-15-23(25,26)27/h3-8,11-12,14H,9-10,13,15H2,1-2H3. The molecule has 0 bridgehead atoms. The highest BCUT2D eigenvalue weighted by atomic mass is 79.9. The number of nitrogens with zero attached hydrogens (tertiary/aromatic N) is 7. The monoisotopic (exact) mass is 549 g/mol. The fraction of sp³-hybridized carbons (Fsp3) is 0.304. The van der Waals surface area contributed by atoms with E-state index in [0.29, 0.717) is 31.3 Å². The summed E-state index contributed by atoms with van der Waals surface area (Å²) in [5, 5.41) is 13.1. The van der Waals surface area contributed by atoms with Crippen LogP contribution in [-0.4, -0.2) is 49.4 Å². The number of aryl methyl sites for hydroxylation is 2. The molecule has 184 valence electrons. The minimum Gasteiger partial charge on any atom is -0.468 e. The molecule has 0 aliphatic rings. The molecule has 1 aromatic carbocycles. The summed E-state index contributed by atoms with van der Waals surface area (Å²) in [6.45, 7) is -0.238. The van der Waals surface area contributed by atoms with Gasteiger partial charge in [-0.1, -0.05) is 40.2 Å². The zero-order valence-corrected chi connectivity index (χ0v) is 20.7. The molecule has 0 saturated heterocycles. The predicted octanol–water partition coefficient (Wildman–Crippen LogP) is 4.66. The maximum atomic E-state index is 12.4. The van der Waals surface area contributed by atoms with Crippen LogP contribution in [0.15, 0.2) is 59.5 Å². The SMILES string of the molecule is CN(Cc1ccccc1Br)c1nnc(-c2cnn(C)c2)n1CCc1ccc(OCC(F)(F)F)nc1. The Morgan fingerprint density at radius 1 is 1.09 bits per heavy atom. The van der Waals surface area contributed by atoms with Crippen LogP contribution in [0.5, 0.6) is 5.88 Å². The molecule has 4 rings (SSSR count). The number of anilines is 1. The van der Waals surface area contributed by atoms with E-state index >= 15 is 0 Å². The van der Waals surface area contributed by atoms with Crippen LogP contribution >= 0.6 is 15.9 Å². The van der Waals surface area contributed by atoms with E-state index in [1.807, 2.05) is 54.0 Å². The van der Waals surface area contributed by atoms with Crippen LogP contribution in [0.3, 0.4) is 0 Å². The summed E-state index contributed by atoms with van der Waals surface area (Å²) in [5.74, 6) is 1.28. The highest BCUT2D eigenvalue weighted by molar-refractivity contribution is 9.10. The van der Waals surface area contributed by atoms with Gasteiger partial charge in [-0.05, 0) is 23.6 Å². The fourth-order valence-corrected chi connectivity index (χ4v) is 3.94. The van der Waals surface area contributed by atoms with Gasteiger partial charge in [-0.15, -0.1) is 10.2 Å². The molecule has 0 aliphatic heterocycles. The summed E-state index contributed by atoms with van der Waals surface area (Å²) in [7, 11) is 3.78. The second kappa shape index (κ2) is 10.5. The molecule has 0 saturated carbocycles. The Bertz CT molecular complexity index is 1270. The molecule has 0 spiro atoms. The number of ether oxygens (including phenoxy) is 1. The molecule has 35 heavy (non-hydrogen) atoms. The number of alkyl halides is 3. The Labute approximate surface area is 208 Å². The van der Waals surface area contributed by atoms with E-state index in [0.717, 1.165) is 21.2 Å². The van der Waals surface area contributed by atoms with Gasteiger partial charge < -0.3 is 9.64 Å². The van der Waals surface area contributed by atoms with Gasteiger partial charge in [-0.25, -0.2) is 4.98 Å². The van der Waals surface area contributed by atoms with Crippen LogP contribution in [-0.2, 0) is 26.6 Å². The topological polar surface area (TPSA) is 73.9 Å². The summed E-state index contributed by atoms with van der Waals surface area (Å²) in [4.78, 5) is 6.01. The van der Waals surface area contributed by atoms with E-state index in [2.05, 4.69) is 36.2 Å². The summed E-state index contributed by atoms with van der Waals surface area (Å²) < 4.78 is 46.5. The first-order valence-electron chi connectivity index (χ1n) is 10.7. The number of aromatic nitrogens is 6. The van der Waals surface area contributed by atoms with E-state index in [4.69, 9.17) is 4.74 Å². The van der Waals surface area contributed by atoms with Crippen molar-refractivity contribution in [3.63, 3.8) is 0 Å². The van der Waals surface area contributed by atoms with E-state index < -0.39 is 12.8 Å². The molecule has 0 fully saturated rings. The molecule has 4 aromatic rings. The highest BCUT2D eigenvalue weighted by Crippen LogP contribution is 2.25. The van der Waals surface area contributed by atoms with Gasteiger partial charge >= 0.3 is 6.18 Å². The maximum Gasteiger partial charge on any atom is 0.422 e. The van der Waals surface area contributed by atoms with Gasteiger partial charge in [-0.3, -0.25) is 9.25 Å². The third-order valence-corrected chi connectivity index (χ3v) is 5.98. The van der Waals surface area contributed by atoms with Crippen LogP contribution in [0.1, 0.15) is 11.1 Å². The summed E-state index contributed by atoms with van der Waals surface area (Å²) in [6, 6.07) is 11.1. The summed E-state index contributed by atoms with van der Waals surface area (Å²) in [6.07, 6.45) is 1.27. The average Bonchev–Trinajstić information content (AvgIpc) is 3.44. The zero-order valence-electron chi connectivity index (χ0n) is 19.1. The Hall–Kier alpha value is -3.41. The fourth-order valence-electron chi connectivity index (χ4n) is 3.53. The third-order valence-electron chi connectivity index (χ3n) is 5.21. The lowest BCUT2D eigenvalue weighted by Gasteiger charge is -2.20. The lowest BCUT2D eigenvalue weighted by atomic mass is 10.2. The third kappa shape index (κ3) is 6.38. The predicted molar refractivity (Wildman–Crippen MR) is 128 cm³/mol. The molecule has 0 unspecified atom stereocenters. The van der Waals surface area contributed by atoms with Crippen LogP contribution in [0, 0.1) is 0 Å². The first kappa shape index (κ1) is 24.7. The molecule has 0 aliphatic carbocycles. The minimum absolute atomic E-state index is 0.0692. The van der Waals surface area contributed by atoms with Crippen LogP contribution in [0.25, 0.3) is 11.4 Å². The van der Waals surface area contributed by atoms with Gasteiger partial charge in [0.2, 0.25) is 11.8 Å². The first-order valence-corrected chi connectivity index (χ1v) is 11.5. The van der Waals surface area contributed by atoms with Crippen molar-refractivity contribution in [1.82, 2.24) is 29.5 Å². The van der Waals surface area contributed by atoms with Crippen molar-refractivity contribution < 1.29 is 17.9 Å². The number of rotatable bonds is 9. The van der Waals surface area contributed by atoms with Gasteiger partial charge in [0.1, 0.15) is 0 Å². The van der Waals surface area contributed by atoms with Crippen molar-refractivity contribution in [2.45, 2.75) is 25.7 Å². The Morgan fingerprint density at radius 2 is 1.89 bits per heavy atom. The molecule has 0 N–H and O–H groups in total. The molecular weight excluding hydrogens is 527 g/mol. The Balaban J connectivity index is 1.54. The van der Waals surface area contributed by atoms with Gasteiger partial charge in [0.25, 0.3) is 0 Å². The maximum absolute atomic E-state index is 12.4. The summed E-state index contributed by atoms with van der Waals surface area (Å²) >= 11 is 3.59. The second-order valence-electron chi connectivity index (χ2n) is 7.98. The van der Waals surface area contributed by atoms with Crippen molar-refractivity contribution in [2.75, 3.05) is 18.6 Å². The van der Waals surface area contributed by atoms with Crippen LogP contribution in [0.2, 0.25) is 0 Å². The molecule has 0 radical (unpaired) electrons. The van der Waals surface area contributed by atoms with Gasteiger partial charge in [0.15, 0.2) is 12.4 Å². The Morgan fingerprint density at radius 3 is 2.54 bits per heavy atom. The van der Waals surface area contributed by atoms with Crippen LogP contribution in [0.4, 0.5) is 19.1 Å². The van der Waals surface area contributed by atoms with Crippen molar-refractivity contribution >= 4 is 21.9 Å². The Kier molecular flexibility index (Phi) is 7.39. The minimum atomic E-state index is -4.41. The number of hydrogen-bond donors (Lipinski definition) is 0. The lowest BCUT2D eigenvalue weighted by molar-refractivity contribution is -0.154. The van der Waals surface area contributed by atoms with E-state index in [9.17, 15) is 13.2 Å². The second-order valence-corrected chi connectivity index (χ2v) is 8.84. The van der Waals surface area contributed by atoms with Gasteiger partial charge in [-0.2, -0.15) is 18.3 Å². The van der Waals surface area contributed by atoms with E-state index in [-0.39, 0.29) is 5.88 Å². The molecule has 12 heteroatoms. The quantitative estimate of drug-likeness (QED) is 0.302. The molecule has 3 heterocycles. The van der Waals surface area contributed by atoms with Crippen molar-refractivity contribution in [1.29, 1.82) is 0 Å². The highest BCUT2D eigenvalue weighted by Gasteiger charge is 2.28.